The van der Waals surface area contributed by atoms with Gasteiger partial charge < -0.3 is 10.0 Å². The van der Waals surface area contributed by atoms with E-state index in [1.165, 1.54) is 6.07 Å². The van der Waals surface area contributed by atoms with E-state index in [1.54, 1.807) is 12.1 Å². The molecule has 1 N–H and O–H groups in total. The lowest BCUT2D eigenvalue weighted by Gasteiger charge is -2.25. The molecule has 0 saturated carbocycles. The fourth-order valence-electron chi connectivity index (χ4n) is 2.58. The zero-order valence-electron chi connectivity index (χ0n) is 12.0. The molecule has 5 nitrogen and oxygen atoms in total. The van der Waals surface area contributed by atoms with Crippen molar-refractivity contribution in [3.63, 3.8) is 0 Å². The number of carbonyl (C=O) groups is 2. The SMILES string of the molecule is Cc1cc(C(=O)O)ccc1C1=NC(=O)C(C(C)C)N1C. The topological polar surface area (TPSA) is 70.0 Å². The fraction of sp³-hybridized carbons (Fsp3) is 0.400. The molecule has 0 fully saturated rings. The van der Waals surface area contributed by atoms with Gasteiger partial charge >= 0.3 is 5.97 Å². The highest BCUT2D eigenvalue weighted by atomic mass is 16.4. The number of carbonyl (C=O) groups excluding carboxylic acids is 1. The Morgan fingerprint density at radius 3 is 2.50 bits per heavy atom. The first-order valence-corrected chi connectivity index (χ1v) is 6.52. The Hall–Kier alpha value is -2.17. The van der Waals surface area contributed by atoms with Gasteiger partial charge in [0, 0.05) is 12.6 Å². The number of hydrogen-bond donors (Lipinski definition) is 1. The summed E-state index contributed by atoms with van der Waals surface area (Å²) in [5.41, 5.74) is 1.83. The number of hydrogen-bond acceptors (Lipinski definition) is 3. The zero-order chi connectivity index (χ0) is 15.0. The number of benzene rings is 1. The molecule has 106 valence electrons. The van der Waals surface area contributed by atoms with E-state index >= 15 is 0 Å². The molecule has 1 amide bonds. The van der Waals surface area contributed by atoms with Crippen LogP contribution in [0.1, 0.15) is 35.3 Å². The molecule has 1 atom stereocenters. The van der Waals surface area contributed by atoms with Crippen LogP contribution in [0.3, 0.4) is 0 Å². The van der Waals surface area contributed by atoms with E-state index in [2.05, 4.69) is 4.99 Å². The van der Waals surface area contributed by atoms with Gasteiger partial charge in [0.1, 0.15) is 11.9 Å². The first-order chi connectivity index (χ1) is 9.32. The lowest BCUT2D eigenvalue weighted by atomic mass is 10.0. The molecule has 20 heavy (non-hydrogen) atoms. The molecular formula is C15H18N2O3. The highest BCUT2D eigenvalue weighted by Gasteiger charge is 2.35. The predicted molar refractivity (Wildman–Crippen MR) is 76.1 cm³/mol. The van der Waals surface area contributed by atoms with Gasteiger partial charge in [-0.1, -0.05) is 19.9 Å². The molecule has 0 aromatic heterocycles. The Bertz CT molecular complexity index is 605. The van der Waals surface area contributed by atoms with E-state index in [9.17, 15) is 9.59 Å². The third-order valence-corrected chi connectivity index (χ3v) is 3.57. The Balaban J connectivity index is 2.41. The molecular weight excluding hydrogens is 256 g/mol. The van der Waals surface area contributed by atoms with E-state index in [0.717, 1.165) is 11.1 Å². The average molecular weight is 274 g/mol. The number of carboxylic acids is 1. The highest BCUT2D eigenvalue weighted by molar-refractivity contribution is 6.12. The summed E-state index contributed by atoms with van der Waals surface area (Å²) in [5.74, 6) is -0.313. The largest absolute Gasteiger partial charge is 0.478 e. The standard InChI is InChI=1S/C15H18N2O3/c1-8(2)12-14(18)16-13(17(12)4)11-6-5-10(15(19)20)7-9(11)3/h5-8,12H,1-4H3,(H,19,20). The van der Waals surface area contributed by atoms with Crippen molar-refractivity contribution in [2.45, 2.75) is 26.8 Å². The van der Waals surface area contributed by atoms with Gasteiger partial charge in [0.15, 0.2) is 0 Å². The molecule has 0 bridgehead atoms. The van der Waals surface area contributed by atoms with E-state index in [1.807, 2.05) is 32.7 Å². The second kappa shape index (κ2) is 5.07. The van der Waals surface area contributed by atoms with Crippen LogP contribution in [0, 0.1) is 12.8 Å². The molecule has 1 unspecified atom stereocenters. The number of nitrogens with zero attached hydrogens (tertiary/aromatic N) is 2. The third kappa shape index (κ3) is 2.31. The van der Waals surface area contributed by atoms with Crippen LogP contribution in [0.2, 0.25) is 0 Å². The normalized spacial score (nSPS) is 18.6. The molecule has 0 spiro atoms. The smallest absolute Gasteiger partial charge is 0.335 e. The molecule has 1 aromatic rings. The number of likely N-dealkylation sites (N-methyl/N-ethyl adjacent to an activating group) is 1. The Labute approximate surface area is 117 Å². The first kappa shape index (κ1) is 14.2. The summed E-state index contributed by atoms with van der Waals surface area (Å²) in [4.78, 5) is 28.9. The third-order valence-electron chi connectivity index (χ3n) is 3.57. The minimum absolute atomic E-state index is 0.140. The first-order valence-electron chi connectivity index (χ1n) is 6.52. The summed E-state index contributed by atoms with van der Waals surface area (Å²) in [7, 11) is 1.85. The molecule has 1 aliphatic heterocycles. The quantitative estimate of drug-likeness (QED) is 0.914. The fourth-order valence-corrected chi connectivity index (χ4v) is 2.58. The Morgan fingerprint density at radius 1 is 1.40 bits per heavy atom. The molecule has 0 aliphatic carbocycles. The molecule has 5 heteroatoms. The van der Waals surface area contributed by atoms with Gasteiger partial charge in [0.05, 0.1) is 5.56 Å². The summed E-state index contributed by atoms with van der Waals surface area (Å²) in [6.45, 7) is 5.79. The summed E-state index contributed by atoms with van der Waals surface area (Å²) in [6, 6.07) is 4.60. The van der Waals surface area contributed by atoms with Crippen molar-refractivity contribution in [3.8, 4) is 0 Å². The van der Waals surface area contributed by atoms with Crippen molar-refractivity contribution < 1.29 is 14.7 Å². The van der Waals surface area contributed by atoms with Crippen LogP contribution in [0.4, 0.5) is 0 Å². The van der Waals surface area contributed by atoms with Gasteiger partial charge in [-0.3, -0.25) is 4.79 Å². The Kier molecular flexibility index (Phi) is 3.61. The van der Waals surface area contributed by atoms with Crippen LogP contribution >= 0.6 is 0 Å². The van der Waals surface area contributed by atoms with Crippen LogP contribution in [0.25, 0.3) is 0 Å². The van der Waals surface area contributed by atoms with Gasteiger partial charge in [-0.2, -0.15) is 4.99 Å². The molecule has 2 rings (SSSR count). The molecule has 1 heterocycles. The van der Waals surface area contributed by atoms with Gasteiger partial charge in [-0.15, -0.1) is 0 Å². The van der Waals surface area contributed by atoms with Crippen LogP contribution < -0.4 is 0 Å². The second-order valence-electron chi connectivity index (χ2n) is 5.41. The van der Waals surface area contributed by atoms with Crippen molar-refractivity contribution in [1.82, 2.24) is 4.90 Å². The summed E-state index contributed by atoms with van der Waals surface area (Å²) < 4.78 is 0. The minimum atomic E-state index is -0.961. The molecule has 0 radical (unpaired) electrons. The number of aromatic carboxylic acids is 1. The van der Waals surface area contributed by atoms with Crippen molar-refractivity contribution >= 4 is 17.7 Å². The molecule has 0 saturated heterocycles. The minimum Gasteiger partial charge on any atom is -0.478 e. The van der Waals surface area contributed by atoms with Crippen LogP contribution in [-0.2, 0) is 4.79 Å². The maximum atomic E-state index is 12.0. The summed E-state index contributed by atoms with van der Waals surface area (Å²) in [6.07, 6.45) is 0. The number of aryl methyl sites for hydroxylation is 1. The lowest BCUT2D eigenvalue weighted by Crippen LogP contribution is -2.39. The molecule has 1 aromatic carbocycles. The van der Waals surface area contributed by atoms with Gasteiger partial charge in [-0.25, -0.2) is 4.79 Å². The average Bonchev–Trinajstić information content (AvgIpc) is 2.64. The monoisotopic (exact) mass is 274 g/mol. The number of rotatable bonds is 3. The van der Waals surface area contributed by atoms with Gasteiger partial charge in [-0.05, 0) is 30.5 Å². The second-order valence-corrected chi connectivity index (χ2v) is 5.41. The maximum Gasteiger partial charge on any atom is 0.335 e. The lowest BCUT2D eigenvalue weighted by molar-refractivity contribution is -0.121. The maximum absolute atomic E-state index is 12.0. The number of carboxylic acid groups (broad SMARTS) is 1. The van der Waals surface area contributed by atoms with E-state index in [0.29, 0.717) is 5.84 Å². The van der Waals surface area contributed by atoms with E-state index in [-0.39, 0.29) is 23.4 Å². The summed E-state index contributed by atoms with van der Waals surface area (Å²) >= 11 is 0. The van der Waals surface area contributed by atoms with Crippen LogP contribution in [0.5, 0.6) is 0 Å². The number of aliphatic imine (C=N–C) groups is 1. The van der Waals surface area contributed by atoms with Crippen molar-refractivity contribution in [1.29, 1.82) is 0 Å². The van der Waals surface area contributed by atoms with Crippen molar-refractivity contribution in [2.24, 2.45) is 10.9 Å². The molecule has 1 aliphatic rings. The van der Waals surface area contributed by atoms with Gasteiger partial charge in [0.25, 0.3) is 5.91 Å². The van der Waals surface area contributed by atoms with Crippen LogP contribution in [-0.4, -0.2) is 40.8 Å². The summed E-state index contributed by atoms with van der Waals surface area (Å²) in [5, 5.41) is 8.98. The van der Waals surface area contributed by atoms with E-state index < -0.39 is 5.97 Å². The number of amidine groups is 1. The predicted octanol–water partition coefficient (Wildman–Crippen LogP) is 1.94. The highest BCUT2D eigenvalue weighted by Crippen LogP contribution is 2.23. The Morgan fingerprint density at radius 2 is 2.05 bits per heavy atom. The number of amides is 1. The van der Waals surface area contributed by atoms with E-state index in [4.69, 9.17) is 5.11 Å². The van der Waals surface area contributed by atoms with Crippen molar-refractivity contribution in [2.75, 3.05) is 7.05 Å². The van der Waals surface area contributed by atoms with Gasteiger partial charge in [0.2, 0.25) is 0 Å². The zero-order valence-corrected chi connectivity index (χ0v) is 12.0. The van der Waals surface area contributed by atoms with Crippen molar-refractivity contribution in [3.05, 3.63) is 34.9 Å². The van der Waals surface area contributed by atoms with Crippen LogP contribution in [0.15, 0.2) is 23.2 Å².